The number of fused-ring (bicyclic) bond motifs is 1. The van der Waals surface area contributed by atoms with Crippen LogP contribution in [0.5, 0.6) is 5.75 Å². The van der Waals surface area contributed by atoms with Crippen molar-refractivity contribution in [3.8, 4) is 5.75 Å². The van der Waals surface area contributed by atoms with Crippen molar-refractivity contribution in [2.24, 2.45) is 0 Å². The lowest BCUT2D eigenvalue weighted by Crippen LogP contribution is -2.16. The largest absolute Gasteiger partial charge is 0.496 e. The summed E-state index contributed by atoms with van der Waals surface area (Å²) in [5.74, 6) is 0.891. The first-order valence-corrected chi connectivity index (χ1v) is 7.19. The van der Waals surface area contributed by atoms with Crippen molar-refractivity contribution in [2.45, 2.75) is 26.6 Å². The van der Waals surface area contributed by atoms with E-state index in [1.54, 1.807) is 19.2 Å². The topological polar surface area (TPSA) is 55.6 Å². The van der Waals surface area contributed by atoms with Gasteiger partial charge in [0.05, 0.1) is 12.0 Å². The number of methoxy groups -OCH3 is 1. The number of benzene rings is 2. The molecule has 5 nitrogen and oxygen atoms in total. The Labute approximate surface area is 129 Å². The number of hydrogen-bond donors (Lipinski definition) is 0. The molecule has 0 saturated carbocycles. The fourth-order valence-corrected chi connectivity index (χ4v) is 2.90. The Bertz CT molecular complexity index is 728. The zero-order valence-electron chi connectivity index (χ0n) is 12.7. The van der Waals surface area contributed by atoms with Crippen LogP contribution >= 0.6 is 0 Å². The molecule has 0 saturated heterocycles. The second kappa shape index (κ2) is 5.77. The van der Waals surface area contributed by atoms with E-state index < -0.39 is 0 Å². The van der Waals surface area contributed by atoms with E-state index >= 15 is 0 Å². The Hall–Kier alpha value is -2.40. The summed E-state index contributed by atoms with van der Waals surface area (Å²) in [6.07, 6.45) is 0. The Morgan fingerprint density at radius 1 is 1.18 bits per heavy atom. The standard InChI is InChI=1S/C17H18N2O3/c1-12-3-4-14(17(7-12)22-2)10-18-9-13-5-6-16(19(20)21)8-15(13)11-18/h3-8H,9-11H2,1-2H3. The van der Waals surface area contributed by atoms with Gasteiger partial charge >= 0.3 is 0 Å². The Kier molecular flexibility index (Phi) is 3.81. The molecule has 0 fully saturated rings. The maximum absolute atomic E-state index is 10.9. The van der Waals surface area contributed by atoms with Gasteiger partial charge in [-0.3, -0.25) is 15.0 Å². The van der Waals surface area contributed by atoms with Crippen molar-refractivity contribution in [1.82, 2.24) is 4.90 Å². The van der Waals surface area contributed by atoms with Crippen LogP contribution in [-0.4, -0.2) is 16.9 Å². The van der Waals surface area contributed by atoms with Crippen molar-refractivity contribution < 1.29 is 9.66 Å². The molecule has 114 valence electrons. The van der Waals surface area contributed by atoms with Crippen molar-refractivity contribution in [3.63, 3.8) is 0 Å². The lowest BCUT2D eigenvalue weighted by Gasteiger charge is -2.17. The molecule has 0 bridgehead atoms. The fourth-order valence-electron chi connectivity index (χ4n) is 2.90. The first-order chi connectivity index (χ1) is 10.6. The maximum Gasteiger partial charge on any atom is 0.269 e. The van der Waals surface area contributed by atoms with Gasteiger partial charge in [-0.05, 0) is 29.7 Å². The minimum absolute atomic E-state index is 0.161. The van der Waals surface area contributed by atoms with Crippen LogP contribution in [0.1, 0.15) is 22.3 Å². The molecule has 1 aliphatic rings. The quantitative estimate of drug-likeness (QED) is 0.641. The molecule has 0 aliphatic carbocycles. The van der Waals surface area contributed by atoms with Gasteiger partial charge in [0.1, 0.15) is 5.75 Å². The van der Waals surface area contributed by atoms with Crippen LogP contribution in [0.4, 0.5) is 5.69 Å². The molecule has 0 unspecified atom stereocenters. The van der Waals surface area contributed by atoms with E-state index in [2.05, 4.69) is 17.0 Å². The van der Waals surface area contributed by atoms with Crippen molar-refractivity contribution in [1.29, 1.82) is 0 Å². The molecule has 2 aromatic carbocycles. The molecule has 22 heavy (non-hydrogen) atoms. The first-order valence-electron chi connectivity index (χ1n) is 7.19. The van der Waals surface area contributed by atoms with Crippen LogP contribution in [0.3, 0.4) is 0 Å². The Morgan fingerprint density at radius 2 is 1.95 bits per heavy atom. The summed E-state index contributed by atoms with van der Waals surface area (Å²) in [4.78, 5) is 12.8. The van der Waals surface area contributed by atoms with Gasteiger partial charge in [0, 0.05) is 37.3 Å². The van der Waals surface area contributed by atoms with Crippen LogP contribution in [-0.2, 0) is 19.6 Å². The average molecular weight is 298 g/mol. The predicted octanol–water partition coefficient (Wildman–Crippen LogP) is 3.43. The predicted molar refractivity (Wildman–Crippen MR) is 83.8 cm³/mol. The highest BCUT2D eigenvalue weighted by Crippen LogP contribution is 2.29. The second-order valence-corrected chi connectivity index (χ2v) is 5.67. The van der Waals surface area contributed by atoms with E-state index in [4.69, 9.17) is 4.74 Å². The van der Waals surface area contributed by atoms with Gasteiger partial charge in [-0.2, -0.15) is 0 Å². The third kappa shape index (κ3) is 2.80. The molecule has 3 rings (SSSR count). The molecule has 0 amide bonds. The SMILES string of the molecule is COc1cc(C)ccc1CN1Cc2ccc([N+](=O)[O-])cc2C1. The monoisotopic (exact) mass is 298 g/mol. The number of nitro groups is 1. The maximum atomic E-state index is 10.9. The minimum atomic E-state index is -0.341. The average Bonchev–Trinajstić information content (AvgIpc) is 2.90. The summed E-state index contributed by atoms with van der Waals surface area (Å²) in [6, 6.07) is 11.3. The fraction of sp³-hybridized carbons (Fsp3) is 0.294. The van der Waals surface area contributed by atoms with Crippen molar-refractivity contribution in [3.05, 3.63) is 68.8 Å². The Morgan fingerprint density at radius 3 is 2.68 bits per heavy atom. The number of hydrogen-bond acceptors (Lipinski definition) is 4. The molecular weight excluding hydrogens is 280 g/mol. The van der Waals surface area contributed by atoms with Gasteiger partial charge in [0.2, 0.25) is 0 Å². The highest BCUT2D eigenvalue weighted by atomic mass is 16.6. The van der Waals surface area contributed by atoms with E-state index in [0.717, 1.165) is 42.1 Å². The normalized spacial score (nSPS) is 13.9. The summed E-state index contributed by atoms with van der Waals surface area (Å²) < 4.78 is 5.45. The van der Waals surface area contributed by atoms with Gasteiger partial charge in [-0.25, -0.2) is 0 Å². The molecular formula is C17H18N2O3. The lowest BCUT2D eigenvalue weighted by atomic mass is 10.1. The molecule has 0 atom stereocenters. The summed E-state index contributed by atoms with van der Waals surface area (Å²) >= 11 is 0. The molecule has 2 aromatic rings. The van der Waals surface area contributed by atoms with Gasteiger partial charge in [0.25, 0.3) is 5.69 Å². The van der Waals surface area contributed by atoms with Gasteiger partial charge in [-0.15, -0.1) is 0 Å². The molecule has 1 heterocycles. The highest BCUT2D eigenvalue weighted by molar-refractivity contribution is 5.42. The molecule has 0 spiro atoms. The number of ether oxygens (including phenoxy) is 1. The van der Waals surface area contributed by atoms with Crippen molar-refractivity contribution >= 4 is 5.69 Å². The molecule has 0 radical (unpaired) electrons. The zero-order valence-corrected chi connectivity index (χ0v) is 12.7. The Balaban J connectivity index is 1.78. The van der Waals surface area contributed by atoms with Crippen LogP contribution in [0.15, 0.2) is 36.4 Å². The molecule has 0 aromatic heterocycles. The van der Waals surface area contributed by atoms with Crippen LogP contribution in [0, 0.1) is 17.0 Å². The van der Waals surface area contributed by atoms with E-state index in [1.165, 1.54) is 5.56 Å². The summed E-state index contributed by atoms with van der Waals surface area (Å²) in [6.45, 7) is 4.35. The molecule has 0 N–H and O–H groups in total. The lowest BCUT2D eigenvalue weighted by molar-refractivity contribution is -0.384. The van der Waals surface area contributed by atoms with Gasteiger partial charge in [0.15, 0.2) is 0 Å². The van der Waals surface area contributed by atoms with E-state index in [1.807, 2.05) is 19.1 Å². The van der Waals surface area contributed by atoms with Crippen LogP contribution < -0.4 is 4.74 Å². The van der Waals surface area contributed by atoms with Gasteiger partial charge < -0.3 is 4.74 Å². The minimum Gasteiger partial charge on any atom is -0.496 e. The van der Waals surface area contributed by atoms with Crippen LogP contribution in [0.25, 0.3) is 0 Å². The first kappa shape index (κ1) is 14.5. The van der Waals surface area contributed by atoms with E-state index in [-0.39, 0.29) is 10.6 Å². The number of aryl methyl sites for hydroxylation is 1. The number of non-ortho nitro benzene ring substituents is 1. The van der Waals surface area contributed by atoms with Gasteiger partial charge in [-0.1, -0.05) is 18.2 Å². The highest BCUT2D eigenvalue weighted by Gasteiger charge is 2.22. The summed E-state index contributed by atoms with van der Waals surface area (Å²) in [5.41, 5.74) is 4.67. The molecule has 1 aliphatic heterocycles. The smallest absolute Gasteiger partial charge is 0.269 e. The van der Waals surface area contributed by atoms with E-state index in [9.17, 15) is 10.1 Å². The van der Waals surface area contributed by atoms with Crippen molar-refractivity contribution in [2.75, 3.05) is 7.11 Å². The molecule has 5 heteroatoms. The second-order valence-electron chi connectivity index (χ2n) is 5.67. The van der Waals surface area contributed by atoms with Crippen LogP contribution in [0.2, 0.25) is 0 Å². The third-order valence-corrected chi connectivity index (χ3v) is 4.03. The zero-order chi connectivity index (χ0) is 15.7. The number of nitro benzene ring substituents is 1. The number of nitrogens with zero attached hydrogens (tertiary/aromatic N) is 2. The number of rotatable bonds is 4. The third-order valence-electron chi connectivity index (χ3n) is 4.03. The summed E-state index contributed by atoms with van der Waals surface area (Å²) in [7, 11) is 1.68. The van der Waals surface area contributed by atoms with E-state index in [0.29, 0.717) is 0 Å². The summed E-state index contributed by atoms with van der Waals surface area (Å²) in [5, 5.41) is 10.9.